The zero-order chi connectivity index (χ0) is 22.5. The Morgan fingerprint density at radius 1 is 0.839 bits per heavy atom. The number of anilines is 2. The Kier molecular flexibility index (Phi) is 6.69. The van der Waals surface area contributed by atoms with Crippen LogP contribution >= 0.6 is 0 Å². The molecular formula is C23H24N2O6. The largest absolute Gasteiger partial charge is 0.481 e. The Morgan fingerprint density at radius 3 is 1.74 bits per heavy atom. The minimum Gasteiger partial charge on any atom is -0.481 e. The molecule has 0 saturated heterocycles. The summed E-state index contributed by atoms with van der Waals surface area (Å²) in [4.78, 5) is 46.7. The standard InChI is InChI=1S/C23H24N2O6/c1-3-19(26)24-13-5-7-15-16-8-6-14(25-20(27)4-2)12-18(16)23(17(15)11-13)31-22(30)10-9-21(28)29/h5-8,11-12,23H,3-4,9-10H2,1-2H3,(H,24,26)(H,25,27)(H,28,29). The average Bonchev–Trinajstić information content (AvgIpc) is 3.04. The highest BCUT2D eigenvalue weighted by Gasteiger charge is 2.32. The molecule has 0 heterocycles. The van der Waals surface area contributed by atoms with Gasteiger partial charge in [-0.25, -0.2) is 0 Å². The topological polar surface area (TPSA) is 122 Å². The first-order valence-corrected chi connectivity index (χ1v) is 10.1. The fourth-order valence-electron chi connectivity index (χ4n) is 3.40. The molecule has 8 nitrogen and oxygen atoms in total. The number of fused-ring (bicyclic) bond motifs is 3. The van der Waals surface area contributed by atoms with Gasteiger partial charge < -0.3 is 20.5 Å². The van der Waals surface area contributed by atoms with Crippen molar-refractivity contribution in [1.29, 1.82) is 0 Å². The number of nitrogens with one attached hydrogen (secondary N) is 2. The van der Waals surface area contributed by atoms with Gasteiger partial charge in [0.15, 0.2) is 6.10 Å². The normalized spacial score (nSPS) is 11.9. The van der Waals surface area contributed by atoms with Crippen molar-refractivity contribution in [1.82, 2.24) is 0 Å². The van der Waals surface area contributed by atoms with Gasteiger partial charge in [-0.2, -0.15) is 0 Å². The summed E-state index contributed by atoms with van der Waals surface area (Å²) in [5.74, 6) is -2.01. The summed E-state index contributed by atoms with van der Waals surface area (Å²) in [6, 6.07) is 10.7. The molecule has 8 heteroatoms. The third kappa shape index (κ3) is 5.09. The van der Waals surface area contributed by atoms with Gasteiger partial charge in [-0.3, -0.25) is 19.2 Å². The molecule has 1 aliphatic carbocycles. The Balaban J connectivity index is 1.98. The summed E-state index contributed by atoms with van der Waals surface area (Å²) in [6.45, 7) is 3.50. The molecule has 0 aliphatic heterocycles. The van der Waals surface area contributed by atoms with Crippen molar-refractivity contribution in [2.24, 2.45) is 0 Å². The van der Waals surface area contributed by atoms with E-state index in [4.69, 9.17) is 9.84 Å². The number of ether oxygens (including phenoxy) is 1. The number of carbonyl (C=O) groups is 4. The van der Waals surface area contributed by atoms with E-state index in [-0.39, 0.29) is 24.7 Å². The van der Waals surface area contributed by atoms with E-state index in [1.54, 1.807) is 38.1 Å². The van der Waals surface area contributed by atoms with Crippen LogP contribution in [0.2, 0.25) is 0 Å². The van der Waals surface area contributed by atoms with E-state index in [9.17, 15) is 19.2 Å². The van der Waals surface area contributed by atoms with Crippen LogP contribution in [0.4, 0.5) is 11.4 Å². The number of esters is 1. The molecule has 2 amide bonds. The number of carboxylic acids is 1. The maximum Gasteiger partial charge on any atom is 0.307 e. The van der Waals surface area contributed by atoms with Gasteiger partial charge in [-0.15, -0.1) is 0 Å². The molecule has 162 valence electrons. The minimum absolute atomic E-state index is 0.143. The summed E-state index contributed by atoms with van der Waals surface area (Å²) in [6.07, 6.45) is -0.709. The molecule has 3 N–H and O–H groups in total. The first-order chi connectivity index (χ1) is 14.8. The van der Waals surface area contributed by atoms with Gasteiger partial charge in [0.05, 0.1) is 12.8 Å². The number of hydrogen-bond donors (Lipinski definition) is 3. The molecule has 0 bridgehead atoms. The fraction of sp³-hybridized carbons (Fsp3) is 0.304. The molecule has 2 aromatic carbocycles. The molecule has 0 atom stereocenters. The molecule has 0 fully saturated rings. The molecule has 0 saturated carbocycles. The molecular weight excluding hydrogens is 400 g/mol. The minimum atomic E-state index is -1.08. The Bertz CT molecular complexity index is 979. The summed E-state index contributed by atoms with van der Waals surface area (Å²) in [7, 11) is 0. The summed E-state index contributed by atoms with van der Waals surface area (Å²) >= 11 is 0. The second-order valence-corrected chi connectivity index (χ2v) is 7.17. The zero-order valence-corrected chi connectivity index (χ0v) is 17.4. The lowest BCUT2D eigenvalue weighted by Gasteiger charge is -2.16. The van der Waals surface area contributed by atoms with Crippen molar-refractivity contribution in [2.45, 2.75) is 45.6 Å². The van der Waals surface area contributed by atoms with E-state index in [1.165, 1.54) is 0 Å². The van der Waals surface area contributed by atoms with Crippen LogP contribution in [0.1, 0.15) is 56.8 Å². The number of hydrogen-bond acceptors (Lipinski definition) is 5. The first kappa shape index (κ1) is 22.0. The molecule has 0 radical (unpaired) electrons. The van der Waals surface area contributed by atoms with Crippen molar-refractivity contribution in [3.63, 3.8) is 0 Å². The third-order valence-corrected chi connectivity index (χ3v) is 4.96. The molecule has 0 aromatic heterocycles. The third-order valence-electron chi connectivity index (χ3n) is 4.96. The maximum absolute atomic E-state index is 12.3. The number of carbonyl (C=O) groups excluding carboxylic acids is 3. The Morgan fingerprint density at radius 2 is 1.32 bits per heavy atom. The van der Waals surface area contributed by atoms with Crippen LogP contribution in [-0.2, 0) is 23.9 Å². The van der Waals surface area contributed by atoms with Crippen LogP contribution in [0.25, 0.3) is 11.1 Å². The molecule has 31 heavy (non-hydrogen) atoms. The van der Waals surface area contributed by atoms with E-state index >= 15 is 0 Å². The SMILES string of the molecule is CCC(=O)Nc1ccc2c(c1)C(OC(=O)CCC(=O)O)c1cc(NC(=O)CC)ccc1-2. The Labute approximate surface area is 179 Å². The molecule has 1 aliphatic rings. The van der Waals surface area contributed by atoms with Gasteiger partial charge >= 0.3 is 11.9 Å². The van der Waals surface area contributed by atoms with Crippen LogP contribution in [0.3, 0.4) is 0 Å². The van der Waals surface area contributed by atoms with E-state index in [1.807, 2.05) is 12.1 Å². The second kappa shape index (κ2) is 9.42. The monoisotopic (exact) mass is 424 g/mol. The van der Waals surface area contributed by atoms with Crippen molar-refractivity contribution in [3.05, 3.63) is 47.5 Å². The maximum atomic E-state index is 12.3. The van der Waals surface area contributed by atoms with Crippen molar-refractivity contribution in [2.75, 3.05) is 10.6 Å². The van der Waals surface area contributed by atoms with E-state index in [0.717, 1.165) is 11.1 Å². The lowest BCUT2D eigenvalue weighted by atomic mass is 10.0. The zero-order valence-electron chi connectivity index (χ0n) is 17.4. The lowest BCUT2D eigenvalue weighted by Crippen LogP contribution is -2.14. The van der Waals surface area contributed by atoms with Gasteiger partial charge in [0.25, 0.3) is 0 Å². The predicted molar refractivity (Wildman–Crippen MR) is 115 cm³/mol. The van der Waals surface area contributed by atoms with Gasteiger partial charge in [-0.05, 0) is 35.4 Å². The second-order valence-electron chi connectivity index (χ2n) is 7.17. The number of aliphatic carboxylic acids is 1. The van der Waals surface area contributed by atoms with Gasteiger partial charge in [0.1, 0.15) is 0 Å². The van der Waals surface area contributed by atoms with E-state index in [2.05, 4.69) is 10.6 Å². The highest BCUT2D eigenvalue weighted by Crippen LogP contribution is 2.47. The molecule has 2 aromatic rings. The average molecular weight is 424 g/mol. The number of rotatable bonds is 8. The number of amides is 2. The van der Waals surface area contributed by atoms with Crippen LogP contribution in [0.15, 0.2) is 36.4 Å². The van der Waals surface area contributed by atoms with Crippen molar-refractivity contribution in [3.8, 4) is 11.1 Å². The van der Waals surface area contributed by atoms with Gasteiger partial charge in [0, 0.05) is 35.3 Å². The predicted octanol–water partition coefficient (Wildman–Crippen LogP) is 3.86. The summed E-state index contributed by atoms with van der Waals surface area (Å²) < 4.78 is 5.66. The van der Waals surface area contributed by atoms with E-state index in [0.29, 0.717) is 35.3 Å². The highest BCUT2D eigenvalue weighted by molar-refractivity contribution is 5.93. The quantitative estimate of drug-likeness (QED) is 0.553. The number of benzene rings is 2. The van der Waals surface area contributed by atoms with Crippen LogP contribution in [0.5, 0.6) is 0 Å². The van der Waals surface area contributed by atoms with Crippen molar-refractivity contribution >= 4 is 35.1 Å². The highest BCUT2D eigenvalue weighted by atomic mass is 16.5. The van der Waals surface area contributed by atoms with Crippen molar-refractivity contribution < 1.29 is 29.0 Å². The van der Waals surface area contributed by atoms with Crippen LogP contribution in [-0.4, -0.2) is 28.9 Å². The molecule has 0 unspecified atom stereocenters. The van der Waals surface area contributed by atoms with E-state index < -0.39 is 18.0 Å². The number of carboxylic acid groups (broad SMARTS) is 1. The summed E-state index contributed by atoms with van der Waals surface area (Å²) in [5.41, 5.74) is 4.20. The van der Waals surface area contributed by atoms with Crippen LogP contribution < -0.4 is 10.6 Å². The Hall–Kier alpha value is -3.68. The molecule has 0 spiro atoms. The summed E-state index contributed by atoms with van der Waals surface area (Å²) in [5, 5.41) is 14.4. The molecule has 3 rings (SSSR count). The van der Waals surface area contributed by atoms with Gasteiger partial charge in [0.2, 0.25) is 11.8 Å². The fourth-order valence-corrected chi connectivity index (χ4v) is 3.40. The smallest absolute Gasteiger partial charge is 0.307 e. The van der Waals surface area contributed by atoms with Crippen LogP contribution in [0, 0.1) is 0 Å². The lowest BCUT2D eigenvalue weighted by molar-refractivity contribution is -0.150. The van der Waals surface area contributed by atoms with Gasteiger partial charge in [-0.1, -0.05) is 26.0 Å². The first-order valence-electron chi connectivity index (χ1n) is 10.1.